The molecule has 2 rings (SSSR count). The van der Waals surface area contributed by atoms with Crippen molar-refractivity contribution >= 4 is 0 Å². The van der Waals surface area contributed by atoms with Crippen LogP contribution in [0.1, 0.15) is 24.5 Å². The molecule has 2 heteroatoms. The quantitative estimate of drug-likeness (QED) is 0.799. The molecule has 0 aliphatic carbocycles. The molecule has 0 saturated heterocycles. The fourth-order valence-electron chi connectivity index (χ4n) is 1.63. The number of benzene rings is 2. The maximum atomic E-state index is 8.18. The van der Waals surface area contributed by atoms with Gasteiger partial charge in [-0.15, -0.1) is 6.58 Å². The predicted molar refractivity (Wildman–Crippen MR) is 87.9 cm³/mol. The summed E-state index contributed by atoms with van der Waals surface area (Å²) in [5, 5.41) is 8.18. The van der Waals surface area contributed by atoms with Crippen LogP contribution < -0.4 is 0 Å². The van der Waals surface area contributed by atoms with Gasteiger partial charge in [0.25, 0.3) is 0 Å². The molecular formula is C19H24O2. The summed E-state index contributed by atoms with van der Waals surface area (Å²) < 4.78 is 5.61. The Hall–Kier alpha value is -1.90. The Kier molecular flexibility index (Phi) is 8.85. The number of hydrogen-bond donors (Lipinski definition) is 1. The van der Waals surface area contributed by atoms with Gasteiger partial charge in [0.1, 0.15) is 0 Å². The molecule has 0 aliphatic rings. The second-order valence-electron chi connectivity index (χ2n) is 4.89. The highest BCUT2D eigenvalue weighted by atomic mass is 16.5. The van der Waals surface area contributed by atoms with Gasteiger partial charge >= 0.3 is 0 Å². The molecule has 0 heterocycles. The summed E-state index contributed by atoms with van der Waals surface area (Å²) in [6.07, 6.45) is 0.736. The lowest BCUT2D eigenvalue weighted by molar-refractivity contribution is 0.107. The molecule has 0 amide bonds. The number of aliphatic hydroxyl groups is 1. The Morgan fingerprint density at radius 1 is 0.905 bits per heavy atom. The lowest BCUT2D eigenvalue weighted by Crippen LogP contribution is -1.93. The van der Waals surface area contributed by atoms with Gasteiger partial charge < -0.3 is 9.84 Å². The van der Waals surface area contributed by atoms with Gasteiger partial charge in [-0.2, -0.15) is 0 Å². The molecule has 112 valence electrons. The number of hydrogen-bond acceptors (Lipinski definition) is 2. The molecule has 0 aromatic heterocycles. The van der Waals surface area contributed by atoms with E-state index in [1.807, 2.05) is 43.3 Å². The van der Waals surface area contributed by atoms with Crippen molar-refractivity contribution in [3.8, 4) is 0 Å². The van der Waals surface area contributed by atoms with Crippen LogP contribution in [0.2, 0.25) is 0 Å². The molecule has 2 nitrogen and oxygen atoms in total. The van der Waals surface area contributed by atoms with Crippen LogP contribution in [0.15, 0.2) is 72.8 Å². The lowest BCUT2D eigenvalue weighted by Gasteiger charge is -2.03. The van der Waals surface area contributed by atoms with E-state index in [9.17, 15) is 0 Å². The average Bonchev–Trinajstić information content (AvgIpc) is 2.50. The van der Waals surface area contributed by atoms with Crippen LogP contribution >= 0.6 is 0 Å². The van der Waals surface area contributed by atoms with Crippen molar-refractivity contribution in [3.63, 3.8) is 0 Å². The summed E-state index contributed by atoms with van der Waals surface area (Å²) in [6.45, 7) is 7.07. The molecule has 0 spiro atoms. The number of aliphatic hydroxyl groups excluding tert-OH is 1. The van der Waals surface area contributed by atoms with E-state index < -0.39 is 0 Å². The maximum absolute atomic E-state index is 8.18. The Morgan fingerprint density at radius 3 is 1.62 bits per heavy atom. The van der Waals surface area contributed by atoms with Crippen molar-refractivity contribution in [2.75, 3.05) is 6.61 Å². The Balaban J connectivity index is 0.000000315. The topological polar surface area (TPSA) is 29.5 Å². The Bertz CT molecular complexity index is 452. The molecule has 2 aromatic carbocycles. The summed E-state index contributed by atoms with van der Waals surface area (Å²) in [5.41, 5.74) is 3.47. The van der Waals surface area contributed by atoms with Gasteiger partial charge in [-0.1, -0.05) is 66.2 Å². The number of rotatable bonds is 6. The molecule has 1 N–H and O–H groups in total. The zero-order valence-electron chi connectivity index (χ0n) is 12.7. The molecule has 0 atom stereocenters. The van der Waals surface area contributed by atoms with Crippen molar-refractivity contribution in [2.24, 2.45) is 0 Å². The highest BCUT2D eigenvalue weighted by Crippen LogP contribution is 2.05. The predicted octanol–water partition coefficient (Wildman–Crippen LogP) is 4.35. The van der Waals surface area contributed by atoms with Gasteiger partial charge in [-0.05, 0) is 24.5 Å². The largest absolute Gasteiger partial charge is 0.396 e. The zero-order valence-corrected chi connectivity index (χ0v) is 12.7. The maximum Gasteiger partial charge on any atom is 0.0721 e. The molecule has 0 radical (unpaired) electrons. The van der Waals surface area contributed by atoms with Crippen molar-refractivity contribution in [1.29, 1.82) is 0 Å². The first-order valence-electron chi connectivity index (χ1n) is 7.13. The fourth-order valence-corrected chi connectivity index (χ4v) is 1.63. The zero-order chi connectivity index (χ0) is 15.3. The average molecular weight is 284 g/mol. The molecule has 0 unspecified atom stereocenters. The third-order valence-corrected chi connectivity index (χ3v) is 2.76. The summed E-state index contributed by atoms with van der Waals surface area (Å²) in [6, 6.07) is 20.4. The monoisotopic (exact) mass is 284 g/mol. The van der Waals surface area contributed by atoms with Crippen LogP contribution in [0.25, 0.3) is 0 Å². The van der Waals surface area contributed by atoms with Crippen molar-refractivity contribution < 1.29 is 9.84 Å². The van der Waals surface area contributed by atoms with Crippen LogP contribution in [-0.2, 0) is 18.0 Å². The van der Waals surface area contributed by atoms with E-state index in [1.54, 1.807) is 0 Å². The van der Waals surface area contributed by atoms with E-state index in [4.69, 9.17) is 9.84 Å². The molecule has 0 saturated carbocycles. The molecule has 2 aromatic rings. The van der Waals surface area contributed by atoms with Crippen LogP contribution in [-0.4, -0.2) is 11.7 Å². The third kappa shape index (κ3) is 8.79. The van der Waals surface area contributed by atoms with Gasteiger partial charge in [-0.25, -0.2) is 0 Å². The minimum absolute atomic E-state index is 0.231. The van der Waals surface area contributed by atoms with E-state index in [-0.39, 0.29) is 6.61 Å². The minimum atomic E-state index is 0.231. The number of ether oxygens (including phenoxy) is 1. The first-order chi connectivity index (χ1) is 10.2. The minimum Gasteiger partial charge on any atom is -0.396 e. The van der Waals surface area contributed by atoms with Crippen LogP contribution in [0, 0.1) is 0 Å². The summed E-state index contributed by atoms with van der Waals surface area (Å²) in [7, 11) is 0. The van der Waals surface area contributed by atoms with Crippen molar-refractivity contribution in [3.05, 3.63) is 83.9 Å². The van der Waals surface area contributed by atoms with E-state index >= 15 is 0 Å². The summed E-state index contributed by atoms with van der Waals surface area (Å²) in [4.78, 5) is 0. The summed E-state index contributed by atoms with van der Waals surface area (Å²) in [5.74, 6) is 0. The van der Waals surface area contributed by atoms with Crippen LogP contribution in [0.4, 0.5) is 0 Å². The first-order valence-corrected chi connectivity index (χ1v) is 7.13. The van der Waals surface area contributed by atoms with E-state index in [0.29, 0.717) is 13.2 Å². The Morgan fingerprint density at radius 2 is 1.33 bits per heavy atom. The van der Waals surface area contributed by atoms with E-state index in [1.165, 1.54) is 11.1 Å². The van der Waals surface area contributed by atoms with Crippen LogP contribution in [0.5, 0.6) is 0 Å². The second-order valence-corrected chi connectivity index (χ2v) is 4.89. The SMILES string of the molecule is C=C(C)CCO.c1ccc(COCc2ccccc2)cc1. The van der Waals surface area contributed by atoms with Gasteiger partial charge in [0, 0.05) is 6.61 Å². The van der Waals surface area contributed by atoms with E-state index in [0.717, 1.165) is 12.0 Å². The lowest BCUT2D eigenvalue weighted by atomic mass is 10.2. The first kappa shape index (κ1) is 17.2. The van der Waals surface area contributed by atoms with Crippen LogP contribution in [0.3, 0.4) is 0 Å². The molecule has 21 heavy (non-hydrogen) atoms. The smallest absolute Gasteiger partial charge is 0.0721 e. The normalized spacial score (nSPS) is 9.62. The standard InChI is InChI=1S/C14H14O.C5H10O/c1-3-7-13(8-4-1)11-15-12-14-9-5-2-6-10-14;1-5(2)3-4-6/h1-10H,11-12H2;6H,1,3-4H2,2H3. The molecular weight excluding hydrogens is 260 g/mol. The fraction of sp³-hybridized carbons (Fsp3) is 0.263. The van der Waals surface area contributed by atoms with Gasteiger partial charge in [0.2, 0.25) is 0 Å². The highest BCUT2D eigenvalue weighted by molar-refractivity contribution is 5.15. The molecule has 0 bridgehead atoms. The van der Waals surface area contributed by atoms with Crippen molar-refractivity contribution in [1.82, 2.24) is 0 Å². The molecule has 0 aliphatic heterocycles. The summed E-state index contributed by atoms with van der Waals surface area (Å²) >= 11 is 0. The van der Waals surface area contributed by atoms with Gasteiger partial charge in [-0.3, -0.25) is 0 Å². The van der Waals surface area contributed by atoms with Gasteiger partial charge in [0.15, 0.2) is 0 Å². The highest BCUT2D eigenvalue weighted by Gasteiger charge is 1.93. The van der Waals surface area contributed by atoms with Gasteiger partial charge in [0.05, 0.1) is 13.2 Å². The Labute approximate surface area is 127 Å². The third-order valence-electron chi connectivity index (χ3n) is 2.76. The van der Waals surface area contributed by atoms with Crippen molar-refractivity contribution in [2.45, 2.75) is 26.6 Å². The molecule has 0 fully saturated rings. The van der Waals surface area contributed by atoms with E-state index in [2.05, 4.69) is 30.8 Å². The second kappa shape index (κ2) is 10.8.